The quantitative estimate of drug-likeness (QED) is 0.301. The Labute approximate surface area is 221 Å². The molecular weight excluding hydrogens is 486 g/mol. The molecule has 1 amide bonds. The van der Waals surface area contributed by atoms with E-state index in [0.717, 1.165) is 22.3 Å². The van der Waals surface area contributed by atoms with Crippen LogP contribution in [0.1, 0.15) is 70.1 Å². The summed E-state index contributed by atoms with van der Waals surface area (Å²) < 4.78 is 18.3. The average molecular weight is 522 g/mol. The van der Waals surface area contributed by atoms with E-state index in [-0.39, 0.29) is 12.1 Å². The number of carbonyl (C=O) groups excluding carboxylic acids is 2. The zero-order chi connectivity index (χ0) is 27.8. The van der Waals surface area contributed by atoms with Gasteiger partial charge in [0.1, 0.15) is 22.5 Å². The van der Waals surface area contributed by atoms with Crippen LogP contribution in [0.15, 0.2) is 30.3 Å². The van der Waals surface area contributed by atoms with E-state index < -0.39 is 17.7 Å². The number of benzene rings is 1. The number of aryl methyl sites for hydroxylation is 1. The Balaban J connectivity index is 1.69. The smallest absolute Gasteiger partial charge is 0.408 e. The zero-order valence-electron chi connectivity index (χ0n) is 23.1. The van der Waals surface area contributed by atoms with Crippen molar-refractivity contribution in [1.29, 1.82) is 0 Å². The summed E-state index contributed by atoms with van der Waals surface area (Å²) in [6.07, 6.45) is -0.0696. The molecule has 3 aromatic heterocycles. The number of imidazole rings is 1. The van der Waals surface area contributed by atoms with Gasteiger partial charge in [-0.05, 0) is 71.4 Å². The molecule has 0 saturated carbocycles. The summed E-state index contributed by atoms with van der Waals surface area (Å²) in [5, 5.41) is 3.80. The van der Waals surface area contributed by atoms with Crippen LogP contribution < -0.4 is 10.1 Å². The highest BCUT2D eigenvalue weighted by molar-refractivity contribution is 5.97. The Morgan fingerprint density at radius 1 is 1.13 bits per heavy atom. The van der Waals surface area contributed by atoms with Gasteiger partial charge in [-0.1, -0.05) is 6.92 Å². The molecule has 3 heterocycles. The molecule has 0 aliphatic heterocycles. The van der Waals surface area contributed by atoms with Crippen LogP contribution >= 0.6 is 0 Å². The number of alkyl carbamates (subject to hydrolysis) is 1. The number of pyridine rings is 1. The molecule has 0 radical (unpaired) electrons. The molecule has 1 aromatic carbocycles. The van der Waals surface area contributed by atoms with Crippen molar-refractivity contribution in [2.75, 3.05) is 7.11 Å². The minimum Gasteiger partial charge on any atom is -0.494 e. The number of hydrogen-bond donors (Lipinski definition) is 2. The highest BCUT2D eigenvalue weighted by Crippen LogP contribution is 2.33. The maximum Gasteiger partial charge on any atom is 0.408 e. The van der Waals surface area contributed by atoms with E-state index in [2.05, 4.69) is 10.3 Å². The van der Waals surface area contributed by atoms with Crippen LogP contribution in [0.3, 0.4) is 0 Å². The van der Waals surface area contributed by atoms with Crippen molar-refractivity contribution in [2.45, 2.75) is 65.7 Å². The molecule has 1 atom stereocenters. The predicted molar refractivity (Wildman–Crippen MR) is 145 cm³/mol. The van der Waals surface area contributed by atoms with Gasteiger partial charge < -0.3 is 29.1 Å². The normalized spacial score (nSPS) is 12.7. The Bertz CT molecular complexity index is 1500. The number of aromatic nitrogens is 4. The van der Waals surface area contributed by atoms with E-state index in [0.29, 0.717) is 34.7 Å². The van der Waals surface area contributed by atoms with Crippen LogP contribution in [0.5, 0.6) is 5.75 Å². The number of nitrogens with one attached hydrogen (secondary N) is 2. The van der Waals surface area contributed by atoms with E-state index in [1.165, 1.54) is 0 Å². The summed E-state index contributed by atoms with van der Waals surface area (Å²) in [7, 11) is 3.45. The summed E-state index contributed by atoms with van der Waals surface area (Å²) in [5.74, 6) is 0.751. The number of H-pyrrole nitrogens is 1. The fraction of sp³-hybridized carbons (Fsp3) is 0.429. The number of rotatable bonds is 7. The second-order valence-electron chi connectivity index (χ2n) is 10.5. The molecule has 0 spiro atoms. The van der Waals surface area contributed by atoms with Crippen molar-refractivity contribution in [2.24, 2.45) is 7.05 Å². The van der Waals surface area contributed by atoms with Crippen molar-refractivity contribution < 1.29 is 23.8 Å². The summed E-state index contributed by atoms with van der Waals surface area (Å²) in [5.41, 5.74) is 3.30. The second kappa shape index (κ2) is 10.4. The number of nitrogens with zero attached hydrogens (tertiary/aromatic N) is 3. The summed E-state index contributed by atoms with van der Waals surface area (Å²) >= 11 is 0. The van der Waals surface area contributed by atoms with Crippen LogP contribution in [-0.4, -0.2) is 50.4 Å². The molecule has 4 aromatic rings. The number of methoxy groups -OCH3 is 1. The third-order valence-electron chi connectivity index (χ3n) is 5.93. The number of fused-ring (bicyclic) bond motifs is 2. The van der Waals surface area contributed by atoms with Gasteiger partial charge in [0.2, 0.25) is 0 Å². The Morgan fingerprint density at radius 2 is 1.87 bits per heavy atom. The molecule has 0 aliphatic carbocycles. The van der Waals surface area contributed by atoms with Gasteiger partial charge in [-0.25, -0.2) is 19.6 Å². The highest BCUT2D eigenvalue weighted by atomic mass is 16.6. The lowest BCUT2D eigenvalue weighted by atomic mass is 10.1. The fourth-order valence-corrected chi connectivity index (χ4v) is 4.28. The van der Waals surface area contributed by atoms with Gasteiger partial charge >= 0.3 is 12.1 Å². The molecule has 0 aliphatic rings. The molecule has 38 heavy (non-hydrogen) atoms. The fourth-order valence-electron chi connectivity index (χ4n) is 4.28. The van der Waals surface area contributed by atoms with Gasteiger partial charge in [0, 0.05) is 12.4 Å². The number of esters is 1. The average Bonchev–Trinajstić information content (AvgIpc) is 3.40. The lowest BCUT2D eigenvalue weighted by Crippen LogP contribution is -2.35. The lowest BCUT2D eigenvalue weighted by molar-refractivity contribution is 0.0376. The first-order valence-electron chi connectivity index (χ1n) is 12.6. The maximum absolute atomic E-state index is 12.5. The summed E-state index contributed by atoms with van der Waals surface area (Å²) in [6.45, 7) is 11.1. The minimum absolute atomic E-state index is 0.237. The standard InChI is InChI=1S/C28H35N5O5/c1-9-18(32-27(35)38-28(4,5)6)19-11-10-16-12-21(30-24(16)29-19)25-31-20-13-17(26(34)37-15(2)3)14-22(36-8)23(20)33(25)7/h10-15,18H,9H2,1-8H3,(H,29,30)(H,32,35). The van der Waals surface area contributed by atoms with Crippen molar-refractivity contribution in [1.82, 2.24) is 24.8 Å². The van der Waals surface area contributed by atoms with Gasteiger partial charge in [0.05, 0.1) is 41.7 Å². The first-order chi connectivity index (χ1) is 17.9. The van der Waals surface area contributed by atoms with Gasteiger partial charge in [0.15, 0.2) is 5.82 Å². The third-order valence-corrected chi connectivity index (χ3v) is 5.93. The van der Waals surface area contributed by atoms with Crippen molar-refractivity contribution in [3.8, 4) is 17.3 Å². The number of carbonyl (C=O) groups is 2. The SMILES string of the molecule is CCC(NC(=O)OC(C)(C)C)c1ccc2cc(-c3nc4cc(C(=O)OC(C)C)cc(OC)c4n3C)[nH]c2n1. The van der Waals surface area contributed by atoms with Gasteiger partial charge in [-0.3, -0.25) is 0 Å². The lowest BCUT2D eigenvalue weighted by Gasteiger charge is -2.22. The van der Waals surface area contributed by atoms with Crippen molar-refractivity contribution in [3.63, 3.8) is 0 Å². The predicted octanol–water partition coefficient (Wildman–Crippen LogP) is 5.67. The molecule has 0 saturated heterocycles. The first-order valence-corrected chi connectivity index (χ1v) is 12.6. The van der Waals surface area contributed by atoms with Gasteiger partial charge in [-0.2, -0.15) is 0 Å². The molecule has 202 valence electrons. The summed E-state index contributed by atoms with van der Waals surface area (Å²) in [6, 6.07) is 8.90. The summed E-state index contributed by atoms with van der Waals surface area (Å²) in [4.78, 5) is 37.8. The third kappa shape index (κ3) is 5.58. The van der Waals surface area contributed by atoms with Crippen LogP contribution in [0.25, 0.3) is 33.6 Å². The maximum atomic E-state index is 12.5. The van der Waals surface area contributed by atoms with E-state index in [1.54, 1.807) is 33.1 Å². The molecular formula is C28H35N5O5. The number of ether oxygens (including phenoxy) is 3. The van der Waals surface area contributed by atoms with Crippen LogP contribution in [0.4, 0.5) is 4.79 Å². The van der Waals surface area contributed by atoms with Gasteiger partial charge in [0.25, 0.3) is 0 Å². The van der Waals surface area contributed by atoms with E-state index in [1.807, 2.05) is 57.5 Å². The zero-order valence-corrected chi connectivity index (χ0v) is 23.1. The molecule has 10 heteroatoms. The Hall–Kier alpha value is -4.08. The van der Waals surface area contributed by atoms with Crippen LogP contribution in [0, 0.1) is 0 Å². The highest BCUT2D eigenvalue weighted by Gasteiger charge is 2.22. The Morgan fingerprint density at radius 3 is 2.50 bits per heavy atom. The van der Waals surface area contributed by atoms with Crippen LogP contribution in [-0.2, 0) is 16.5 Å². The molecule has 2 N–H and O–H groups in total. The van der Waals surface area contributed by atoms with E-state index >= 15 is 0 Å². The van der Waals surface area contributed by atoms with Gasteiger partial charge in [-0.15, -0.1) is 0 Å². The monoisotopic (exact) mass is 521 g/mol. The molecule has 4 rings (SSSR count). The molecule has 10 nitrogen and oxygen atoms in total. The largest absolute Gasteiger partial charge is 0.494 e. The number of amides is 1. The first kappa shape index (κ1) is 27.0. The second-order valence-corrected chi connectivity index (χ2v) is 10.5. The van der Waals surface area contributed by atoms with Crippen molar-refractivity contribution >= 4 is 34.1 Å². The number of aromatic amines is 1. The van der Waals surface area contributed by atoms with Crippen molar-refractivity contribution in [3.05, 3.63) is 41.6 Å². The van der Waals surface area contributed by atoms with E-state index in [9.17, 15) is 9.59 Å². The molecule has 0 bridgehead atoms. The van der Waals surface area contributed by atoms with Crippen LogP contribution in [0.2, 0.25) is 0 Å². The Kier molecular flexibility index (Phi) is 7.35. The molecule has 1 unspecified atom stereocenters. The molecule has 0 fully saturated rings. The number of hydrogen-bond acceptors (Lipinski definition) is 7. The van der Waals surface area contributed by atoms with E-state index in [4.69, 9.17) is 24.2 Å². The minimum atomic E-state index is -0.585. The topological polar surface area (TPSA) is 120 Å².